The van der Waals surface area contributed by atoms with Gasteiger partial charge in [0, 0.05) is 41.2 Å². The van der Waals surface area contributed by atoms with E-state index in [0.717, 1.165) is 6.42 Å². The first-order chi connectivity index (χ1) is 15.2. The molecule has 0 radical (unpaired) electrons. The molecular formula is C28H34N2OS. The minimum Gasteiger partial charge on any atom is -0.359 e. The highest BCUT2D eigenvalue weighted by Gasteiger charge is 2.36. The van der Waals surface area contributed by atoms with Crippen molar-refractivity contribution in [2.24, 2.45) is 11.8 Å². The van der Waals surface area contributed by atoms with Crippen LogP contribution in [-0.2, 0) is 4.79 Å². The SMILES string of the molecule is CNC(=O)CC1C2=C(C)CC=C(C)N2c2sc(C)c(C)c2C(c2ccc(C)cc2)=CC1C. The molecule has 4 rings (SSSR count). The molecule has 1 N–H and O–H groups in total. The lowest BCUT2D eigenvalue weighted by Gasteiger charge is -2.40. The maximum atomic E-state index is 12.6. The van der Waals surface area contributed by atoms with Gasteiger partial charge in [-0.2, -0.15) is 0 Å². The highest BCUT2D eigenvalue weighted by Crippen LogP contribution is 2.50. The number of hydrogen-bond acceptors (Lipinski definition) is 3. The fourth-order valence-corrected chi connectivity index (χ4v) is 6.23. The van der Waals surface area contributed by atoms with Gasteiger partial charge in [-0.1, -0.05) is 48.9 Å². The Bertz CT molecular complexity index is 1150. The molecule has 2 aliphatic rings. The first kappa shape index (κ1) is 22.6. The van der Waals surface area contributed by atoms with Crippen molar-refractivity contribution in [1.29, 1.82) is 0 Å². The topological polar surface area (TPSA) is 32.3 Å². The highest BCUT2D eigenvalue weighted by atomic mass is 32.1. The number of anilines is 1. The normalized spacial score (nSPS) is 20.7. The molecule has 0 saturated carbocycles. The van der Waals surface area contributed by atoms with Crippen molar-refractivity contribution in [3.63, 3.8) is 0 Å². The maximum Gasteiger partial charge on any atom is 0.220 e. The Kier molecular flexibility index (Phi) is 6.17. The van der Waals surface area contributed by atoms with Crippen LogP contribution in [0.15, 0.2) is 53.4 Å². The van der Waals surface area contributed by atoms with Gasteiger partial charge in [-0.05, 0) is 69.2 Å². The zero-order valence-corrected chi connectivity index (χ0v) is 21.1. The Hall–Kier alpha value is -2.59. The summed E-state index contributed by atoms with van der Waals surface area (Å²) in [6.45, 7) is 13.3. The zero-order chi connectivity index (χ0) is 23.2. The van der Waals surface area contributed by atoms with Gasteiger partial charge in [-0.3, -0.25) is 4.79 Å². The summed E-state index contributed by atoms with van der Waals surface area (Å²) in [6, 6.07) is 8.86. The number of fused-ring (bicyclic) bond motifs is 3. The van der Waals surface area contributed by atoms with E-state index in [4.69, 9.17) is 0 Å². The summed E-state index contributed by atoms with van der Waals surface area (Å²) in [7, 11) is 1.73. The highest BCUT2D eigenvalue weighted by molar-refractivity contribution is 7.16. The van der Waals surface area contributed by atoms with Crippen LogP contribution < -0.4 is 10.2 Å². The average molecular weight is 447 g/mol. The second-order valence-electron chi connectivity index (χ2n) is 9.30. The summed E-state index contributed by atoms with van der Waals surface area (Å²) in [6.07, 6.45) is 6.18. The first-order valence-electron chi connectivity index (χ1n) is 11.5. The predicted octanol–water partition coefficient (Wildman–Crippen LogP) is 6.89. The number of carbonyl (C=O) groups excluding carboxylic acids is 1. The van der Waals surface area contributed by atoms with E-state index in [-0.39, 0.29) is 17.7 Å². The standard InChI is InChI=1S/C28H34N2OS/c1-16-8-12-22(13-9-16)24-14-18(3)23(15-25(31)29-7)27-17(2)10-11-19(4)30(27)28-26(24)20(5)21(6)32-28/h8-9,11-14,18,23H,10,15H2,1-7H3,(H,29,31). The quantitative estimate of drug-likeness (QED) is 0.556. The van der Waals surface area contributed by atoms with Crippen molar-refractivity contribution in [2.45, 2.75) is 54.4 Å². The van der Waals surface area contributed by atoms with E-state index in [1.807, 2.05) is 11.3 Å². The number of thiophene rings is 1. The van der Waals surface area contributed by atoms with Crippen molar-refractivity contribution >= 4 is 27.8 Å². The van der Waals surface area contributed by atoms with E-state index in [0.29, 0.717) is 6.42 Å². The van der Waals surface area contributed by atoms with Gasteiger partial charge in [0.25, 0.3) is 0 Å². The van der Waals surface area contributed by atoms with E-state index in [9.17, 15) is 4.79 Å². The van der Waals surface area contributed by atoms with Crippen LogP contribution in [-0.4, -0.2) is 13.0 Å². The molecule has 0 aliphatic carbocycles. The monoisotopic (exact) mass is 446 g/mol. The van der Waals surface area contributed by atoms with Crippen LogP contribution in [0.2, 0.25) is 0 Å². The van der Waals surface area contributed by atoms with Crippen LogP contribution in [0, 0.1) is 32.6 Å². The molecule has 0 saturated heterocycles. The van der Waals surface area contributed by atoms with Gasteiger partial charge in [-0.25, -0.2) is 0 Å². The molecule has 1 aromatic heterocycles. The largest absolute Gasteiger partial charge is 0.359 e. The molecule has 0 spiro atoms. The third-order valence-corrected chi connectivity index (χ3v) is 8.23. The molecule has 3 nitrogen and oxygen atoms in total. The van der Waals surface area contributed by atoms with E-state index < -0.39 is 0 Å². The minimum atomic E-state index is 0.0962. The molecule has 3 heterocycles. The number of aryl methyl sites for hydroxylation is 2. The van der Waals surface area contributed by atoms with Gasteiger partial charge in [0.05, 0.1) is 0 Å². The summed E-state index contributed by atoms with van der Waals surface area (Å²) in [5.74, 6) is 0.434. The van der Waals surface area contributed by atoms with Gasteiger partial charge in [0.2, 0.25) is 5.91 Å². The van der Waals surface area contributed by atoms with Crippen LogP contribution in [0.5, 0.6) is 0 Å². The molecule has 1 aromatic carbocycles. The van der Waals surface area contributed by atoms with Crippen molar-refractivity contribution in [2.75, 3.05) is 11.9 Å². The van der Waals surface area contributed by atoms with Crippen molar-refractivity contribution in [3.8, 4) is 0 Å². The molecule has 2 unspecified atom stereocenters. The van der Waals surface area contributed by atoms with Gasteiger partial charge in [0.15, 0.2) is 0 Å². The Labute approximate surface area is 196 Å². The Morgan fingerprint density at radius 3 is 2.47 bits per heavy atom. The van der Waals surface area contributed by atoms with Crippen molar-refractivity contribution in [3.05, 3.63) is 80.5 Å². The van der Waals surface area contributed by atoms with Crippen LogP contribution in [0.3, 0.4) is 0 Å². The van der Waals surface area contributed by atoms with Crippen LogP contribution in [0.1, 0.15) is 60.7 Å². The molecule has 0 fully saturated rings. The molecule has 1 amide bonds. The molecule has 0 bridgehead atoms. The molecule has 2 aromatic rings. The fraction of sp³-hybridized carbons (Fsp3) is 0.393. The predicted molar refractivity (Wildman–Crippen MR) is 137 cm³/mol. The van der Waals surface area contributed by atoms with Gasteiger partial charge in [0.1, 0.15) is 5.00 Å². The van der Waals surface area contributed by atoms with Crippen LogP contribution in [0.25, 0.3) is 5.57 Å². The number of amides is 1. The molecular weight excluding hydrogens is 412 g/mol. The summed E-state index contributed by atoms with van der Waals surface area (Å²) < 4.78 is 0. The minimum absolute atomic E-state index is 0.0962. The third kappa shape index (κ3) is 3.86. The second kappa shape index (κ2) is 8.74. The fourth-order valence-electron chi connectivity index (χ4n) is 4.98. The molecule has 4 heteroatoms. The number of hydrogen-bond donors (Lipinski definition) is 1. The van der Waals surface area contributed by atoms with Gasteiger partial charge < -0.3 is 10.2 Å². The number of nitrogens with one attached hydrogen (secondary N) is 1. The van der Waals surface area contributed by atoms with Crippen molar-refractivity contribution < 1.29 is 4.79 Å². The van der Waals surface area contributed by atoms with Crippen molar-refractivity contribution in [1.82, 2.24) is 5.32 Å². The number of benzene rings is 1. The Balaban J connectivity index is 2.02. The summed E-state index contributed by atoms with van der Waals surface area (Å²) in [5.41, 5.74) is 10.4. The third-order valence-electron chi connectivity index (χ3n) is 7.04. The lowest BCUT2D eigenvalue weighted by Crippen LogP contribution is -2.35. The van der Waals surface area contributed by atoms with Gasteiger partial charge >= 0.3 is 0 Å². The number of rotatable bonds is 3. The van der Waals surface area contributed by atoms with E-state index in [1.165, 1.54) is 54.7 Å². The maximum absolute atomic E-state index is 12.6. The number of carbonyl (C=O) groups is 1. The Morgan fingerprint density at radius 1 is 1.12 bits per heavy atom. The molecule has 32 heavy (non-hydrogen) atoms. The first-order valence-corrected chi connectivity index (χ1v) is 12.3. The second-order valence-corrected chi connectivity index (χ2v) is 10.5. The Morgan fingerprint density at radius 2 is 1.81 bits per heavy atom. The molecule has 2 aliphatic heterocycles. The summed E-state index contributed by atoms with van der Waals surface area (Å²) >= 11 is 1.87. The molecule has 168 valence electrons. The van der Waals surface area contributed by atoms with E-state index in [1.54, 1.807) is 7.05 Å². The number of allylic oxidation sites excluding steroid dienone is 5. The van der Waals surface area contributed by atoms with Crippen LogP contribution in [0.4, 0.5) is 5.00 Å². The summed E-state index contributed by atoms with van der Waals surface area (Å²) in [5, 5.41) is 4.14. The number of nitrogens with zero attached hydrogens (tertiary/aromatic N) is 1. The lowest BCUT2D eigenvalue weighted by molar-refractivity contribution is -0.121. The van der Waals surface area contributed by atoms with Gasteiger partial charge in [-0.15, -0.1) is 11.3 Å². The smallest absolute Gasteiger partial charge is 0.220 e. The summed E-state index contributed by atoms with van der Waals surface area (Å²) in [4.78, 5) is 16.4. The lowest BCUT2D eigenvalue weighted by atomic mass is 9.79. The average Bonchev–Trinajstić information content (AvgIpc) is 3.05. The van der Waals surface area contributed by atoms with E-state index in [2.05, 4.69) is 88.2 Å². The van der Waals surface area contributed by atoms with E-state index >= 15 is 0 Å². The zero-order valence-electron chi connectivity index (χ0n) is 20.3. The molecule has 2 atom stereocenters. The van der Waals surface area contributed by atoms with Crippen LogP contribution >= 0.6 is 11.3 Å².